The van der Waals surface area contributed by atoms with Crippen LogP contribution in [-0.4, -0.2) is 33.2 Å². The van der Waals surface area contributed by atoms with Gasteiger partial charge in [-0.15, -0.1) is 0 Å². The highest BCUT2D eigenvalue weighted by Gasteiger charge is 2.26. The summed E-state index contributed by atoms with van der Waals surface area (Å²) < 4.78 is 9.21. The van der Waals surface area contributed by atoms with Crippen LogP contribution in [0.4, 0.5) is 5.69 Å². The summed E-state index contributed by atoms with van der Waals surface area (Å²) in [5.74, 6) is 0.604. The molecular formula is C29H26N4O3. The number of hydrogen-bond donors (Lipinski definition) is 0. The van der Waals surface area contributed by atoms with E-state index in [-0.39, 0.29) is 18.0 Å². The number of aryl methyl sites for hydroxylation is 2. The van der Waals surface area contributed by atoms with E-state index < -0.39 is 0 Å². The summed E-state index contributed by atoms with van der Waals surface area (Å²) in [5.41, 5.74) is 5.62. The first-order valence-electron chi connectivity index (χ1n) is 12.1. The van der Waals surface area contributed by atoms with Crippen LogP contribution in [-0.2, 0) is 17.9 Å². The first-order chi connectivity index (χ1) is 17.5. The van der Waals surface area contributed by atoms with Crippen LogP contribution in [0.25, 0.3) is 21.9 Å². The predicted octanol–water partition coefficient (Wildman–Crippen LogP) is 4.44. The number of aromatic nitrogens is 3. The first-order valence-corrected chi connectivity index (χ1v) is 12.1. The molecule has 7 heteroatoms. The van der Waals surface area contributed by atoms with Crippen molar-refractivity contribution in [2.75, 3.05) is 18.1 Å². The van der Waals surface area contributed by atoms with Crippen LogP contribution in [0.2, 0.25) is 0 Å². The largest absolute Gasteiger partial charge is 0.490 e. The Morgan fingerprint density at radius 1 is 1.00 bits per heavy atom. The third-order valence-corrected chi connectivity index (χ3v) is 6.75. The minimum absolute atomic E-state index is 0.0305. The smallest absolute Gasteiger partial charge is 0.278 e. The lowest BCUT2D eigenvalue weighted by Gasteiger charge is -2.30. The fourth-order valence-corrected chi connectivity index (χ4v) is 4.98. The molecule has 6 rings (SSSR count). The number of anilines is 1. The van der Waals surface area contributed by atoms with Gasteiger partial charge in [0.25, 0.3) is 5.56 Å². The monoisotopic (exact) mass is 478 g/mol. The molecule has 3 aromatic carbocycles. The average molecular weight is 479 g/mol. The summed E-state index contributed by atoms with van der Waals surface area (Å²) in [6, 6.07) is 21.7. The molecule has 2 aromatic heterocycles. The molecule has 36 heavy (non-hydrogen) atoms. The Morgan fingerprint density at radius 3 is 2.61 bits per heavy atom. The van der Waals surface area contributed by atoms with Crippen molar-refractivity contribution in [1.82, 2.24) is 14.1 Å². The van der Waals surface area contributed by atoms with Gasteiger partial charge in [0, 0.05) is 5.39 Å². The van der Waals surface area contributed by atoms with E-state index in [1.807, 2.05) is 85.1 Å². The number of fused-ring (bicyclic) bond motifs is 4. The Bertz CT molecular complexity index is 1680. The van der Waals surface area contributed by atoms with Crippen molar-refractivity contribution in [3.05, 3.63) is 100 Å². The minimum atomic E-state index is -0.163. The molecule has 180 valence electrons. The molecule has 0 saturated carbocycles. The van der Waals surface area contributed by atoms with Crippen molar-refractivity contribution in [3.63, 3.8) is 0 Å². The fraction of sp³-hybridized carbons (Fsp3) is 0.207. The fourth-order valence-electron chi connectivity index (χ4n) is 4.98. The van der Waals surface area contributed by atoms with Gasteiger partial charge in [0.2, 0.25) is 5.91 Å². The number of rotatable bonds is 4. The van der Waals surface area contributed by atoms with Gasteiger partial charge in [-0.3, -0.25) is 14.2 Å². The van der Waals surface area contributed by atoms with Crippen molar-refractivity contribution in [1.29, 1.82) is 0 Å². The Hall–Kier alpha value is -4.39. The van der Waals surface area contributed by atoms with Crippen molar-refractivity contribution in [2.45, 2.75) is 26.9 Å². The Balaban J connectivity index is 1.48. The van der Waals surface area contributed by atoms with Crippen LogP contribution in [0.1, 0.15) is 16.7 Å². The van der Waals surface area contributed by atoms with Gasteiger partial charge in [-0.2, -0.15) is 0 Å². The Labute approximate surface area is 208 Å². The summed E-state index contributed by atoms with van der Waals surface area (Å²) in [6.45, 7) is 5.34. The molecule has 5 aromatic rings. The zero-order chi connectivity index (χ0) is 24.8. The van der Waals surface area contributed by atoms with Crippen LogP contribution < -0.4 is 15.2 Å². The number of nitrogens with zero attached hydrogens (tertiary/aromatic N) is 4. The highest BCUT2D eigenvalue weighted by atomic mass is 16.5. The van der Waals surface area contributed by atoms with Gasteiger partial charge >= 0.3 is 0 Å². The third-order valence-electron chi connectivity index (χ3n) is 6.75. The lowest BCUT2D eigenvalue weighted by molar-refractivity contribution is -0.119. The van der Waals surface area contributed by atoms with Gasteiger partial charge < -0.3 is 14.2 Å². The van der Waals surface area contributed by atoms with Gasteiger partial charge in [0.1, 0.15) is 29.9 Å². The van der Waals surface area contributed by atoms with Gasteiger partial charge in [-0.1, -0.05) is 48.0 Å². The SMILES string of the molecule is Cc1ccc2c(c1)N(C(=O)Cn1c3ccc(C)cc3c3ncn(Cc4ccccc4)c(=O)c31)CCO2. The molecule has 0 aliphatic carbocycles. The van der Waals surface area contributed by atoms with E-state index in [0.717, 1.165) is 33.3 Å². The molecule has 0 spiro atoms. The summed E-state index contributed by atoms with van der Waals surface area (Å²) in [4.78, 5) is 33.9. The number of carbonyl (C=O) groups excluding carboxylic acids is 1. The van der Waals surface area contributed by atoms with E-state index in [4.69, 9.17) is 9.72 Å². The molecule has 3 heterocycles. The van der Waals surface area contributed by atoms with Crippen LogP contribution in [0.5, 0.6) is 5.75 Å². The summed E-state index contributed by atoms with van der Waals surface area (Å²) in [5, 5.41) is 0.875. The molecule has 0 bridgehead atoms. The molecule has 0 unspecified atom stereocenters. The van der Waals surface area contributed by atoms with E-state index in [1.54, 1.807) is 15.8 Å². The second-order valence-corrected chi connectivity index (χ2v) is 9.33. The topological polar surface area (TPSA) is 69.4 Å². The van der Waals surface area contributed by atoms with Crippen LogP contribution in [0.3, 0.4) is 0 Å². The second kappa shape index (κ2) is 8.68. The van der Waals surface area contributed by atoms with Crippen molar-refractivity contribution >= 4 is 33.5 Å². The standard InChI is InChI=1S/C29H26N4O3/c1-19-8-10-23-22(14-19)27-28(29(35)31(18-30-27)16-21-6-4-3-5-7-21)33(23)17-26(34)32-12-13-36-25-11-9-20(2)15-24(25)32/h3-11,14-15,18H,12-13,16-17H2,1-2H3. The van der Waals surface area contributed by atoms with Gasteiger partial charge in [0.05, 0.1) is 30.6 Å². The molecule has 1 aliphatic heterocycles. The summed E-state index contributed by atoms with van der Waals surface area (Å²) >= 11 is 0. The molecule has 1 aliphatic rings. The molecule has 0 atom stereocenters. The lowest BCUT2D eigenvalue weighted by Crippen LogP contribution is -2.40. The summed E-state index contributed by atoms with van der Waals surface area (Å²) in [7, 11) is 0. The van der Waals surface area contributed by atoms with Crippen molar-refractivity contribution < 1.29 is 9.53 Å². The van der Waals surface area contributed by atoms with Crippen LogP contribution in [0, 0.1) is 13.8 Å². The molecule has 0 saturated heterocycles. The Morgan fingerprint density at radius 2 is 1.78 bits per heavy atom. The van der Waals surface area contributed by atoms with E-state index in [0.29, 0.717) is 36.5 Å². The highest BCUT2D eigenvalue weighted by molar-refractivity contribution is 6.07. The van der Waals surface area contributed by atoms with E-state index in [2.05, 4.69) is 0 Å². The minimum Gasteiger partial charge on any atom is -0.490 e. The Kier molecular flexibility index (Phi) is 5.33. The maximum atomic E-state index is 13.8. The maximum absolute atomic E-state index is 13.8. The van der Waals surface area contributed by atoms with E-state index in [9.17, 15) is 9.59 Å². The zero-order valence-electron chi connectivity index (χ0n) is 20.3. The van der Waals surface area contributed by atoms with Gasteiger partial charge in [-0.05, 0) is 49.2 Å². The van der Waals surface area contributed by atoms with Crippen LogP contribution in [0.15, 0.2) is 77.9 Å². The maximum Gasteiger partial charge on any atom is 0.278 e. The quantitative estimate of drug-likeness (QED) is 0.383. The zero-order valence-corrected chi connectivity index (χ0v) is 20.3. The van der Waals surface area contributed by atoms with Crippen molar-refractivity contribution in [2.24, 2.45) is 0 Å². The lowest BCUT2D eigenvalue weighted by atomic mass is 10.1. The van der Waals surface area contributed by atoms with E-state index >= 15 is 0 Å². The third kappa shape index (κ3) is 3.73. The van der Waals surface area contributed by atoms with Crippen LogP contribution >= 0.6 is 0 Å². The average Bonchev–Trinajstić information content (AvgIpc) is 3.19. The molecule has 1 amide bonds. The molecule has 7 nitrogen and oxygen atoms in total. The first kappa shape index (κ1) is 22.1. The molecule has 0 N–H and O–H groups in total. The second-order valence-electron chi connectivity index (χ2n) is 9.33. The van der Waals surface area contributed by atoms with E-state index in [1.165, 1.54) is 0 Å². The summed E-state index contributed by atoms with van der Waals surface area (Å²) in [6.07, 6.45) is 1.60. The van der Waals surface area contributed by atoms with Crippen molar-refractivity contribution in [3.8, 4) is 5.75 Å². The molecule has 0 fully saturated rings. The number of benzene rings is 3. The number of ether oxygens (including phenoxy) is 1. The number of amides is 1. The molecule has 0 radical (unpaired) electrons. The van der Waals surface area contributed by atoms with Gasteiger partial charge in [0.15, 0.2) is 0 Å². The molecular weight excluding hydrogens is 452 g/mol. The normalized spacial score (nSPS) is 13.1. The number of hydrogen-bond acceptors (Lipinski definition) is 4. The predicted molar refractivity (Wildman–Crippen MR) is 141 cm³/mol. The number of carbonyl (C=O) groups is 1. The highest BCUT2D eigenvalue weighted by Crippen LogP contribution is 2.33. The van der Waals surface area contributed by atoms with Gasteiger partial charge in [-0.25, -0.2) is 4.98 Å².